The van der Waals surface area contributed by atoms with Crippen molar-refractivity contribution >= 4 is 44.8 Å². The zero-order valence-electron chi connectivity index (χ0n) is 29.7. The minimum Gasteiger partial charge on any atom is -0.305 e. The van der Waals surface area contributed by atoms with Gasteiger partial charge in [0.25, 0.3) is 0 Å². The molecule has 5 heteroatoms. The van der Waals surface area contributed by atoms with Gasteiger partial charge in [0, 0.05) is 37.2 Å². The molecule has 0 saturated heterocycles. The molecule has 2 bridgehead atoms. The van der Waals surface area contributed by atoms with Crippen molar-refractivity contribution in [3.05, 3.63) is 139 Å². The summed E-state index contributed by atoms with van der Waals surface area (Å²) >= 11 is 1.87. The average molecular weight is 877 g/mol. The van der Waals surface area contributed by atoms with Crippen molar-refractivity contribution in [1.29, 1.82) is 0 Å². The minimum atomic E-state index is -1.23. The Morgan fingerprint density at radius 3 is 2.25 bits per heavy atom. The van der Waals surface area contributed by atoms with Crippen molar-refractivity contribution in [2.75, 3.05) is 0 Å². The molecule has 10 rings (SSSR count). The smallest absolute Gasteiger partial charge is 0.0795 e. The van der Waals surface area contributed by atoms with E-state index in [1.54, 1.807) is 0 Å². The van der Waals surface area contributed by atoms with Crippen LogP contribution in [0.2, 0.25) is 19.6 Å². The first-order chi connectivity index (χ1) is 24.4. The molecule has 2 nitrogen and oxygen atoms in total. The van der Waals surface area contributed by atoms with Crippen molar-refractivity contribution in [3.8, 4) is 33.6 Å². The molecule has 3 saturated carbocycles. The standard InChI is InChI=1S/C32H28NS.C14H16NSi.Ir/c1-2-5-23(6-3-1)25-13-14-27-28-7-4-8-29(32(28)34-31(27)20-25)30-19-22(15-16-33-30)18-26-17-21-9-11-24(26)12-10-21;1-16(2,3)13-9-10-14(15-11-13)12-7-5-4-6-8-12;/h1-7,13-16,19-21,24,26H,9-12,17-18H2;4-7,9-11H,1-3H3;/q2*-1;. The van der Waals surface area contributed by atoms with Gasteiger partial charge in [0.15, 0.2) is 0 Å². The molecule has 3 fully saturated rings. The Kier molecular flexibility index (Phi) is 10.8. The molecule has 1 unspecified atom stereocenters. The Morgan fingerprint density at radius 2 is 1.55 bits per heavy atom. The zero-order chi connectivity index (χ0) is 34.1. The molecule has 0 aliphatic heterocycles. The third-order valence-corrected chi connectivity index (χ3v) is 14.1. The summed E-state index contributed by atoms with van der Waals surface area (Å²) in [5, 5.41) is 4.03. The van der Waals surface area contributed by atoms with Crippen LogP contribution in [0, 0.1) is 29.9 Å². The molecule has 0 amide bonds. The Balaban J connectivity index is 0.000000202. The van der Waals surface area contributed by atoms with Gasteiger partial charge in [-0.15, -0.1) is 59.7 Å². The molecule has 3 heterocycles. The molecule has 4 aromatic carbocycles. The summed E-state index contributed by atoms with van der Waals surface area (Å²) in [7, 11) is -1.23. The van der Waals surface area contributed by atoms with Crippen LogP contribution in [0.1, 0.15) is 37.7 Å². The largest absolute Gasteiger partial charge is 0.305 e. The fraction of sp³-hybridized carbons (Fsp3) is 0.261. The number of aromatic nitrogens is 2. The van der Waals surface area contributed by atoms with Gasteiger partial charge >= 0.3 is 0 Å². The van der Waals surface area contributed by atoms with Gasteiger partial charge in [0.2, 0.25) is 0 Å². The van der Waals surface area contributed by atoms with E-state index in [-0.39, 0.29) is 20.1 Å². The van der Waals surface area contributed by atoms with E-state index in [4.69, 9.17) is 4.98 Å². The van der Waals surface area contributed by atoms with Gasteiger partial charge in [-0.1, -0.05) is 104 Å². The maximum atomic E-state index is 4.81. The van der Waals surface area contributed by atoms with Crippen LogP contribution in [0.5, 0.6) is 0 Å². The van der Waals surface area contributed by atoms with Crippen molar-refractivity contribution in [1.82, 2.24) is 9.97 Å². The first-order valence-electron chi connectivity index (χ1n) is 18.2. The number of pyridine rings is 2. The van der Waals surface area contributed by atoms with Crippen LogP contribution in [0.15, 0.2) is 122 Å². The molecule has 3 aliphatic carbocycles. The third kappa shape index (κ3) is 7.88. The molecule has 0 spiro atoms. The SMILES string of the molecule is C[Si](C)(C)c1ccc(-c2[c-]cccc2)nc1.[Ir].[c-]1ccc2c(sc3cc(-c4ccccc4)ccc32)c1-c1cc(CC2CC3CCC2CC3)ccn1. The van der Waals surface area contributed by atoms with Gasteiger partial charge in [0.1, 0.15) is 0 Å². The van der Waals surface area contributed by atoms with Gasteiger partial charge in [-0.25, -0.2) is 0 Å². The summed E-state index contributed by atoms with van der Waals surface area (Å²) < 4.78 is 2.62. The normalized spacial score (nSPS) is 18.2. The number of nitrogens with zero attached hydrogens (tertiary/aromatic N) is 2. The van der Waals surface area contributed by atoms with Crippen LogP contribution in [-0.4, -0.2) is 18.0 Å². The molecule has 1 radical (unpaired) electrons. The summed E-state index contributed by atoms with van der Waals surface area (Å²) in [6.07, 6.45) is 12.5. The zero-order valence-corrected chi connectivity index (χ0v) is 33.9. The Labute approximate surface area is 321 Å². The summed E-state index contributed by atoms with van der Waals surface area (Å²) in [5.41, 5.74) is 8.25. The summed E-state index contributed by atoms with van der Waals surface area (Å²) in [6, 6.07) is 45.3. The second kappa shape index (κ2) is 15.5. The quantitative estimate of drug-likeness (QED) is 0.123. The monoisotopic (exact) mass is 877 g/mol. The number of hydrogen-bond acceptors (Lipinski definition) is 3. The van der Waals surface area contributed by atoms with E-state index in [1.165, 1.54) is 80.6 Å². The van der Waals surface area contributed by atoms with Crippen LogP contribution < -0.4 is 5.19 Å². The van der Waals surface area contributed by atoms with E-state index < -0.39 is 8.07 Å². The molecule has 51 heavy (non-hydrogen) atoms. The number of benzene rings is 4. The summed E-state index contributed by atoms with van der Waals surface area (Å²) in [4.78, 5) is 9.33. The van der Waals surface area contributed by atoms with Gasteiger partial charge < -0.3 is 9.97 Å². The summed E-state index contributed by atoms with van der Waals surface area (Å²) in [6.45, 7) is 7.00. The van der Waals surface area contributed by atoms with Crippen LogP contribution >= 0.6 is 11.3 Å². The fourth-order valence-electron chi connectivity index (χ4n) is 8.10. The molecule has 0 N–H and O–H groups in total. The molecular formula is C46H44IrN2SSi-2. The van der Waals surface area contributed by atoms with Gasteiger partial charge in [-0.05, 0) is 93.4 Å². The Hall–Kier alpha value is -3.73. The molecule has 7 aromatic rings. The number of thiophene rings is 1. The molecule has 3 aromatic heterocycles. The second-order valence-electron chi connectivity index (χ2n) is 15.3. The van der Waals surface area contributed by atoms with E-state index in [0.29, 0.717) is 0 Å². The van der Waals surface area contributed by atoms with Crippen LogP contribution in [0.25, 0.3) is 53.8 Å². The second-order valence-corrected chi connectivity index (χ2v) is 21.4. The van der Waals surface area contributed by atoms with E-state index in [0.717, 1.165) is 40.3 Å². The van der Waals surface area contributed by atoms with Crippen LogP contribution in [0.4, 0.5) is 0 Å². The first kappa shape index (κ1) is 35.7. The topological polar surface area (TPSA) is 25.8 Å². The maximum absolute atomic E-state index is 4.81. The van der Waals surface area contributed by atoms with Gasteiger partial charge in [-0.3, -0.25) is 0 Å². The number of hydrogen-bond donors (Lipinski definition) is 0. The maximum Gasteiger partial charge on any atom is 0.0795 e. The van der Waals surface area contributed by atoms with E-state index in [1.807, 2.05) is 48.0 Å². The Morgan fingerprint density at radius 1 is 0.725 bits per heavy atom. The van der Waals surface area contributed by atoms with E-state index in [2.05, 4.69) is 122 Å². The van der Waals surface area contributed by atoms with Crippen molar-refractivity contribution in [3.63, 3.8) is 0 Å². The van der Waals surface area contributed by atoms with Crippen molar-refractivity contribution in [2.45, 2.75) is 58.2 Å². The van der Waals surface area contributed by atoms with Gasteiger partial charge in [-0.2, -0.15) is 11.3 Å². The Bertz CT molecular complexity index is 2220. The van der Waals surface area contributed by atoms with Gasteiger partial charge in [0.05, 0.1) is 8.07 Å². The number of fused-ring (bicyclic) bond motifs is 6. The molecule has 3 aliphatic rings. The predicted molar refractivity (Wildman–Crippen MR) is 216 cm³/mol. The van der Waals surface area contributed by atoms with Crippen molar-refractivity contribution in [2.24, 2.45) is 17.8 Å². The molecule has 1 atom stereocenters. The fourth-order valence-corrected chi connectivity index (χ4v) is 10.4. The van der Waals surface area contributed by atoms with Crippen LogP contribution in [-0.2, 0) is 26.5 Å². The van der Waals surface area contributed by atoms with E-state index in [9.17, 15) is 0 Å². The molecular weight excluding hydrogens is 833 g/mol. The molecule has 259 valence electrons. The number of rotatable bonds is 6. The average Bonchev–Trinajstić information content (AvgIpc) is 3.54. The third-order valence-electron chi connectivity index (χ3n) is 10.9. The van der Waals surface area contributed by atoms with Crippen LogP contribution in [0.3, 0.4) is 0 Å². The summed E-state index contributed by atoms with van der Waals surface area (Å²) in [5.74, 6) is 2.79. The van der Waals surface area contributed by atoms with E-state index >= 15 is 0 Å². The van der Waals surface area contributed by atoms with Crippen molar-refractivity contribution < 1.29 is 20.1 Å². The predicted octanol–water partition coefficient (Wildman–Crippen LogP) is 12.0. The minimum absolute atomic E-state index is 0. The first-order valence-corrected chi connectivity index (χ1v) is 22.5.